The minimum absolute atomic E-state index is 0.0193. The first-order valence-corrected chi connectivity index (χ1v) is 11.3. The highest BCUT2D eigenvalue weighted by atomic mass is 35.5. The van der Waals surface area contributed by atoms with Gasteiger partial charge in [0.1, 0.15) is 5.58 Å². The van der Waals surface area contributed by atoms with Gasteiger partial charge in [0.2, 0.25) is 5.76 Å². The molecule has 172 valence electrons. The van der Waals surface area contributed by atoms with E-state index in [4.69, 9.17) is 16.0 Å². The second-order valence-electron chi connectivity index (χ2n) is 7.95. The van der Waals surface area contributed by atoms with Crippen LogP contribution in [-0.4, -0.2) is 46.8 Å². The molecule has 1 aromatic heterocycles. The first kappa shape index (κ1) is 22.9. The summed E-state index contributed by atoms with van der Waals surface area (Å²) in [7, 11) is 0. The molecule has 0 radical (unpaired) electrons. The molecule has 0 saturated heterocycles. The third-order valence-corrected chi connectivity index (χ3v) is 6.33. The van der Waals surface area contributed by atoms with Crippen molar-refractivity contribution in [2.24, 2.45) is 0 Å². The topological polar surface area (TPSA) is 96.9 Å². The Morgan fingerprint density at radius 1 is 1.15 bits per heavy atom. The van der Waals surface area contributed by atoms with E-state index in [2.05, 4.69) is 18.7 Å². The lowest BCUT2D eigenvalue weighted by Crippen LogP contribution is -2.33. The number of carbonyl (C=O) groups excluding carboxylic acids is 1. The van der Waals surface area contributed by atoms with Crippen molar-refractivity contribution < 1.29 is 14.1 Å². The minimum atomic E-state index is -0.774. The SMILES string of the molecule is CCN(CC)CCCN1C(=O)c2oc3ccc(Cl)cc3c(=O)c2[C@H]1c1cccc([N+](=O)[O-])c1. The van der Waals surface area contributed by atoms with E-state index in [0.29, 0.717) is 23.6 Å². The molecule has 3 aromatic rings. The molecule has 33 heavy (non-hydrogen) atoms. The predicted molar refractivity (Wildman–Crippen MR) is 126 cm³/mol. The summed E-state index contributed by atoms with van der Waals surface area (Å²) in [6.45, 7) is 7.10. The Kier molecular flexibility index (Phi) is 6.49. The number of nitro benzene ring substituents is 1. The van der Waals surface area contributed by atoms with E-state index in [1.807, 2.05) is 0 Å². The van der Waals surface area contributed by atoms with Crippen molar-refractivity contribution in [2.45, 2.75) is 26.3 Å². The molecule has 8 nitrogen and oxygen atoms in total. The van der Waals surface area contributed by atoms with Crippen molar-refractivity contribution in [1.29, 1.82) is 0 Å². The average molecular weight is 470 g/mol. The maximum Gasteiger partial charge on any atom is 0.290 e. The first-order valence-electron chi connectivity index (χ1n) is 10.9. The molecule has 1 atom stereocenters. The zero-order valence-electron chi connectivity index (χ0n) is 18.4. The number of nitro groups is 1. The lowest BCUT2D eigenvalue weighted by atomic mass is 9.98. The van der Waals surface area contributed by atoms with Crippen LogP contribution in [0.5, 0.6) is 0 Å². The van der Waals surface area contributed by atoms with Crippen LogP contribution < -0.4 is 5.43 Å². The van der Waals surface area contributed by atoms with Gasteiger partial charge in [0, 0.05) is 23.7 Å². The second kappa shape index (κ2) is 9.33. The highest BCUT2D eigenvalue weighted by molar-refractivity contribution is 6.31. The van der Waals surface area contributed by atoms with E-state index >= 15 is 0 Å². The van der Waals surface area contributed by atoms with Crippen LogP contribution in [0.1, 0.15) is 48.0 Å². The number of non-ortho nitro benzene ring substituents is 1. The number of hydrogen-bond donors (Lipinski definition) is 0. The Balaban J connectivity index is 1.84. The number of carbonyl (C=O) groups is 1. The van der Waals surface area contributed by atoms with Crippen LogP contribution in [0.25, 0.3) is 11.0 Å². The summed E-state index contributed by atoms with van der Waals surface area (Å²) in [5.74, 6) is -0.413. The van der Waals surface area contributed by atoms with Crippen molar-refractivity contribution in [3.63, 3.8) is 0 Å². The lowest BCUT2D eigenvalue weighted by Gasteiger charge is -2.26. The molecule has 0 unspecified atom stereocenters. The Bertz CT molecular complexity index is 1280. The molecule has 0 spiro atoms. The van der Waals surface area contributed by atoms with E-state index in [0.717, 1.165) is 19.6 Å². The molecule has 0 aliphatic carbocycles. The highest BCUT2D eigenvalue weighted by Crippen LogP contribution is 2.39. The van der Waals surface area contributed by atoms with E-state index in [1.54, 1.807) is 29.2 Å². The first-order chi connectivity index (χ1) is 15.8. The Hall–Kier alpha value is -3.23. The molecular weight excluding hydrogens is 446 g/mol. The Labute approximate surface area is 195 Å². The van der Waals surface area contributed by atoms with Gasteiger partial charge in [0.05, 0.1) is 21.9 Å². The van der Waals surface area contributed by atoms with Crippen LogP contribution in [0.3, 0.4) is 0 Å². The molecule has 1 aliphatic rings. The van der Waals surface area contributed by atoms with Crippen LogP contribution in [0.4, 0.5) is 5.69 Å². The number of fused-ring (bicyclic) bond motifs is 2. The van der Waals surface area contributed by atoms with E-state index in [9.17, 15) is 19.7 Å². The fraction of sp³-hybridized carbons (Fsp3) is 0.333. The van der Waals surface area contributed by atoms with E-state index in [1.165, 1.54) is 18.2 Å². The third-order valence-electron chi connectivity index (χ3n) is 6.09. The molecule has 0 N–H and O–H groups in total. The fourth-order valence-electron chi connectivity index (χ4n) is 4.38. The molecule has 1 amide bonds. The largest absolute Gasteiger partial charge is 0.450 e. The Morgan fingerprint density at radius 2 is 1.91 bits per heavy atom. The van der Waals surface area contributed by atoms with Gasteiger partial charge in [-0.25, -0.2) is 0 Å². The van der Waals surface area contributed by atoms with Crippen LogP contribution in [0.15, 0.2) is 51.7 Å². The zero-order chi connectivity index (χ0) is 23.7. The van der Waals surface area contributed by atoms with Crippen molar-refractivity contribution in [3.8, 4) is 0 Å². The van der Waals surface area contributed by atoms with Crippen molar-refractivity contribution in [3.05, 3.63) is 84.7 Å². The van der Waals surface area contributed by atoms with Gasteiger partial charge in [-0.15, -0.1) is 0 Å². The molecule has 0 bridgehead atoms. The smallest absolute Gasteiger partial charge is 0.290 e. The number of rotatable bonds is 8. The van der Waals surface area contributed by atoms with Gasteiger partial charge in [-0.3, -0.25) is 19.7 Å². The Morgan fingerprint density at radius 3 is 2.61 bits per heavy atom. The average Bonchev–Trinajstić information content (AvgIpc) is 3.09. The molecule has 4 rings (SSSR count). The summed E-state index contributed by atoms with van der Waals surface area (Å²) in [4.78, 5) is 41.6. The van der Waals surface area contributed by atoms with Crippen LogP contribution in [0.2, 0.25) is 5.02 Å². The molecule has 1 aliphatic heterocycles. The summed E-state index contributed by atoms with van der Waals surface area (Å²) in [6.07, 6.45) is 0.687. The van der Waals surface area contributed by atoms with E-state index in [-0.39, 0.29) is 33.4 Å². The van der Waals surface area contributed by atoms with Crippen LogP contribution in [-0.2, 0) is 0 Å². The molecule has 0 fully saturated rings. The summed E-state index contributed by atoms with van der Waals surface area (Å²) in [6, 6.07) is 9.95. The molecule has 2 heterocycles. The second-order valence-corrected chi connectivity index (χ2v) is 8.38. The number of hydrogen-bond acceptors (Lipinski definition) is 6. The molecule has 0 saturated carbocycles. The number of amides is 1. The summed E-state index contributed by atoms with van der Waals surface area (Å²) in [5, 5.41) is 12.0. The van der Waals surface area contributed by atoms with Crippen LogP contribution in [0, 0.1) is 10.1 Å². The quantitative estimate of drug-likeness (QED) is 0.352. The standard InChI is InChI=1S/C24H24ClN3O5/c1-3-26(4-2)11-6-12-27-21(15-7-5-8-17(13-15)28(31)32)20-22(29)18-14-16(25)9-10-19(18)33-23(20)24(27)30/h5,7-10,13-14,21H,3-4,6,11-12H2,1-2H3/t21-/m1/s1. The predicted octanol–water partition coefficient (Wildman–Crippen LogP) is 4.63. The van der Waals surface area contributed by atoms with Crippen molar-refractivity contribution >= 4 is 34.2 Å². The minimum Gasteiger partial charge on any atom is -0.450 e. The van der Waals surface area contributed by atoms with E-state index < -0.39 is 16.9 Å². The lowest BCUT2D eigenvalue weighted by molar-refractivity contribution is -0.384. The third kappa shape index (κ3) is 4.24. The maximum absolute atomic E-state index is 13.5. The number of nitrogens with zero attached hydrogens (tertiary/aromatic N) is 3. The summed E-state index contributed by atoms with van der Waals surface area (Å²) >= 11 is 6.10. The van der Waals surface area contributed by atoms with Gasteiger partial charge in [0.25, 0.3) is 11.6 Å². The van der Waals surface area contributed by atoms with Crippen LogP contribution >= 0.6 is 11.6 Å². The van der Waals surface area contributed by atoms with Gasteiger partial charge in [-0.1, -0.05) is 37.6 Å². The molecule has 9 heteroatoms. The molecular formula is C24H24ClN3O5. The summed E-state index contributed by atoms with van der Waals surface area (Å²) < 4.78 is 5.89. The molecule has 2 aromatic carbocycles. The van der Waals surface area contributed by atoms with Crippen molar-refractivity contribution in [1.82, 2.24) is 9.80 Å². The van der Waals surface area contributed by atoms with Gasteiger partial charge in [0.15, 0.2) is 5.43 Å². The van der Waals surface area contributed by atoms with Gasteiger partial charge in [-0.2, -0.15) is 0 Å². The van der Waals surface area contributed by atoms with Gasteiger partial charge in [-0.05, 0) is 49.8 Å². The monoisotopic (exact) mass is 469 g/mol. The fourth-order valence-corrected chi connectivity index (χ4v) is 4.55. The van der Waals surface area contributed by atoms with Gasteiger partial charge < -0.3 is 14.2 Å². The highest BCUT2D eigenvalue weighted by Gasteiger charge is 2.42. The zero-order valence-corrected chi connectivity index (χ0v) is 19.2. The normalized spacial score (nSPS) is 15.5. The van der Waals surface area contributed by atoms with Crippen molar-refractivity contribution in [2.75, 3.05) is 26.2 Å². The number of benzene rings is 2. The maximum atomic E-state index is 13.5. The van der Waals surface area contributed by atoms with Gasteiger partial charge >= 0.3 is 0 Å². The summed E-state index contributed by atoms with van der Waals surface area (Å²) in [5.41, 5.74) is 0.500. The number of halogens is 1.